The van der Waals surface area contributed by atoms with Crippen LogP contribution in [-0.2, 0) is 11.2 Å². The first kappa shape index (κ1) is 21.1. The van der Waals surface area contributed by atoms with E-state index in [0.717, 1.165) is 22.8 Å². The Morgan fingerprint density at radius 2 is 1.85 bits per heavy atom. The number of piperazine rings is 1. The summed E-state index contributed by atoms with van der Waals surface area (Å²) < 4.78 is 6.99. The van der Waals surface area contributed by atoms with Crippen molar-refractivity contribution in [3.8, 4) is 11.4 Å². The van der Waals surface area contributed by atoms with Crippen molar-refractivity contribution < 1.29 is 9.53 Å². The van der Waals surface area contributed by atoms with Crippen molar-refractivity contribution in [1.29, 1.82) is 0 Å². The Hall–Kier alpha value is -3.72. The van der Waals surface area contributed by atoms with Crippen molar-refractivity contribution in [3.05, 3.63) is 65.4 Å². The van der Waals surface area contributed by atoms with Gasteiger partial charge in [0, 0.05) is 37.3 Å². The van der Waals surface area contributed by atoms with Crippen LogP contribution in [-0.4, -0.2) is 69.1 Å². The van der Waals surface area contributed by atoms with Crippen molar-refractivity contribution in [3.63, 3.8) is 0 Å². The van der Waals surface area contributed by atoms with E-state index in [0.29, 0.717) is 48.8 Å². The highest BCUT2D eigenvalue weighted by molar-refractivity contribution is 6.30. The summed E-state index contributed by atoms with van der Waals surface area (Å²) in [6, 6.07) is 15.0. The molecule has 4 aromatic rings. The number of halogens is 1. The lowest BCUT2D eigenvalue weighted by Gasteiger charge is -2.35. The number of hydrogen-bond acceptors (Lipinski definition) is 7. The molecule has 0 spiro atoms. The maximum Gasteiger partial charge on any atom is 0.227 e. The topological polar surface area (TPSA) is 89.3 Å². The van der Waals surface area contributed by atoms with Gasteiger partial charge in [-0.05, 0) is 29.8 Å². The van der Waals surface area contributed by atoms with Crippen LogP contribution in [0.4, 0.5) is 5.82 Å². The third-order valence-corrected chi connectivity index (χ3v) is 5.97. The van der Waals surface area contributed by atoms with Crippen LogP contribution in [0.1, 0.15) is 5.56 Å². The van der Waals surface area contributed by atoms with Gasteiger partial charge in [0.1, 0.15) is 12.1 Å². The molecule has 2 aromatic carbocycles. The molecule has 0 N–H and O–H groups in total. The van der Waals surface area contributed by atoms with Crippen LogP contribution in [0.15, 0.2) is 54.9 Å². The molecule has 1 saturated heterocycles. The van der Waals surface area contributed by atoms with Crippen LogP contribution in [0.5, 0.6) is 5.75 Å². The fraction of sp³-hybridized carbons (Fsp3) is 0.261. The second-order valence-corrected chi connectivity index (χ2v) is 8.18. The fourth-order valence-electron chi connectivity index (χ4n) is 3.94. The smallest absolute Gasteiger partial charge is 0.227 e. The quantitative estimate of drug-likeness (QED) is 0.449. The minimum atomic E-state index is 0.105. The Bertz CT molecular complexity index is 1280. The van der Waals surface area contributed by atoms with Crippen LogP contribution < -0.4 is 9.64 Å². The van der Waals surface area contributed by atoms with Gasteiger partial charge in [0.15, 0.2) is 17.0 Å². The number of amides is 1. The molecule has 1 fully saturated rings. The van der Waals surface area contributed by atoms with E-state index in [1.165, 1.54) is 6.33 Å². The maximum absolute atomic E-state index is 12.7. The maximum atomic E-state index is 12.7. The number of aromatic nitrogens is 5. The molecule has 1 aliphatic rings. The van der Waals surface area contributed by atoms with Gasteiger partial charge in [0.25, 0.3) is 0 Å². The van der Waals surface area contributed by atoms with Crippen molar-refractivity contribution in [2.75, 3.05) is 38.2 Å². The molecule has 0 atom stereocenters. The normalized spacial score (nSPS) is 14.0. The second-order valence-electron chi connectivity index (χ2n) is 7.74. The van der Waals surface area contributed by atoms with Gasteiger partial charge >= 0.3 is 0 Å². The van der Waals surface area contributed by atoms with Gasteiger partial charge in [-0.25, -0.2) is 9.97 Å². The molecule has 0 aliphatic carbocycles. The number of rotatable bonds is 5. The zero-order valence-electron chi connectivity index (χ0n) is 18.1. The van der Waals surface area contributed by atoms with Gasteiger partial charge in [0.2, 0.25) is 5.91 Å². The number of benzene rings is 2. The molecule has 0 bridgehead atoms. The monoisotopic (exact) mass is 463 g/mol. The van der Waals surface area contributed by atoms with Gasteiger partial charge in [0.05, 0.1) is 19.2 Å². The lowest BCUT2D eigenvalue weighted by molar-refractivity contribution is -0.130. The van der Waals surface area contributed by atoms with Crippen molar-refractivity contribution >= 4 is 34.5 Å². The fourth-order valence-corrected chi connectivity index (χ4v) is 4.07. The summed E-state index contributed by atoms with van der Waals surface area (Å²) in [5.41, 5.74) is 3.01. The number of carbonyl (C=O) groups excluding carboxylic acids is 1. The van der Waals surface area contributed by atoms with Gasteiger partial charge in [-0.2, -0.15) is 4.68 Å². The zero-order chi connectivity index (χ0) is 22.8. The molecule has 1 aliphatic heterocycles. The van der Waals surface area contributed by atoms with Crippen LogP contribution in [0, 0.1) is 0 Å². The van der Waals surface area contributed by atoms with Crippen LogP contribution >= 0.6 is 11.6 Å². The molecular weight excluding hydrogens is 442 g/mol. The summed E-state index contributed by atoms with van der Waals surface area (Å²) in [7, 11) is 1.62. The first-order valence-corrected chi connectivity index (χ1v) is 11.0. The molecule has 2 aromatic heterocycles. The van der Waals surface area contributed by atoms with E-state index in [4.69, 9.17) is 16.3 Å². The molecule has 5 rings (SSSR count). The Morgan fingerprint density at radius 3 is 2.61 bits per heavy atom. The zero-order valence-corrected chi connectivity index (χ0v) is 18.8. The Labute approximate surface area is 195 Å². The van der Waals surface area contributed by atoms with Crippen LogP contribution in [0.2, 0.25) is 5.02 Å². The molecule has 0 saturated carbocycles. The number of fused-ring (bicyclic) bond motifs is 1. The first-order valence-electron chi connectivity index (χ1n) is 10.6. The van der Waals surface area contributed by atoms with Crippen molar-refractivity contribution in [2.45, 2.75) is 6.42 Å². The highest BCUT2D eigenvalue weighted by atomic mass is 35.5. The van der Waals surface area contributed by atoms with E-state index >= 15 is 0 Å². The standard InChI is InChI=1S/C23H22ClN7O2/c1-33-19-4-2-3-18(14-19)31-23-21(27-28-31)22(25-15-26-23)30-11-9-29(10-12-30)20(32)13-16-5-7-17(24)8-6-16/h2-8,14-15H,9-13H2,1H3. The third-order valence-electron chi connectivity index (χ3n) is 5.72. The van der Waals surface area contributed by atoms with Gasteiger partial charge < -0.3 is 14.5 Å². The van der Waals surface area contributed by atoms with Gasteiger partial charge in [-0.15, -0.1) is 5.10 Å². The number of methoxy groups -OCH3 is 1. The second kappa shape index (κ2) is 9.03. The largest absolute Gasteiger partial charge is 0.497 e. The minimum absolute atomic E-state index is 0.105. The molecule has 33 heavy (non-hydrogen) atoms. The van der Waals surface area contributed by atoms with E-state index in [9.17, 15) is 4.79 Å². The highest BCUT2D eigenvalue weighted by Crippen LogP contribution is 2.25. The summed E-state index contributed by atoms with van der Waals surface area (Å²) in [6.45, 7) is 2.54. The predicted octanol–water partition coefficient (Wildman–Crippen LogP) is 2.76. The van der Waals surface area contributed by atoms with E-state index in [1.807, 2.05) is 41.3 Å². The summed E-state index contributed by atoms with van der Waals surface area (Å²) >= 11 is 5.93. The van der Waals surface area contributed by atoms with E-state index in [-0.39, 0.29) is 5.91 Å². The number of ether oxygens (including phenoxy) is 1. The Kier molecular flexibility index (Phi) is 5.78. The minimum Gasteiger partial charge on any atom is -0.497 e. The lowest BCUT2D eigenvalue weighted by Crippen LogP contribution is -2.49. The molecular formula is C23H22ClN7O2. The number of hydrogen-bond donors (Lipinski definition) is 0. The Balaban J connectivity index is 1.31. The average molecular weight is 464 g/mol. The van der Waals surface area contributed by atoms with E-state index < -0.39 is 0 Å². The predicted molar refractivity (Wildman–Crippen MR) is 125 cm³/mol. The third kappa shape index (κ3) is 4.31. The number of nitrogens with zero attached hydrogens (tertiary/aromatic N) is 7. The van der Waals surface area contributed by atoms with E-state index in [2.05, 4.69) is 25.2 Å². The summed E-state index contributed by atoms with van der Waals surface area (Å²) in [6.07, 6.45) is 1.89. The van der Waals surface area contributed by atoms with Crippen molar-refractivity contribution in [2.24, 2.45) is 0 Å². The summed E-state index contributed by atoms with van der Waals surface area (Å²) in [5.74, 6) is 1.55. The summed E-state index contributed by atoms with van der Waals surface area (Å²) in [5, 5.41) is 9.32. The molecule has 1 amide bonds. The molecule has 9 nitrogen and oxygen atoms in total. The Morgan fingerprint density at radius 1 is 1.06 bits per heavy atom. The highest BCUT2D eigenvalue weighted by Gasteiger charge is 2.25. The molecule has 168 valence electrons. The molecule has 0 unspecified atom stereocenters. The average Bonchev–Trinajstić information content (AvgIpc) is 3.30. The van der Waals surface area contributed by atoms with Gasteiger partial charge in [-0.1, -0.05) is 35.0 Å². The SMILES string of the molecule is COc1cccc(-n2nnc3c(N4CCN(C(=O)Cc5ccc(Cl)cc5)CC4)ncnc32)c1. The number of carbonyl (C=O) groups is 1. The molecule has 10 heteroatoms. The first-order chi connectivity index (χ1) is 16.1. The number of anilines is 1. The molecule has 3 heterocycles. The van der Waals surface area contributed by atoms with Crippen LogP contribution in [0.3, 0.4) is 0 Å². The lowest BCUT2D eigenvalue weighted by atomic mass is 10.1. The van der Waals surface area contributed by atoms with Gasteiger partial charge in [-0.3, -0.25) is 4.79 Å². The summed E-state index contributed by atoms with van der Waals surface area (Å²) in [4.78, 5) is 25.6. The van der Waals surface area contributed by atoms with Crippen molar-refractivity contribution in [1.82, 2.24) is 29.9 Å². The van der Waals surface area contributed by atoms with Crippen LogP contribution in [0.25, 0.3) is 16.9 Å². The van der Waals surface area contributed by atoms with E-state index in [1.54, 1.807) is 23.9 Å². The molecule has 0 radical (unpaired) electrons.